The second-order valence-electron chi connectivity index (χ2n) is 6.22. The minimum absolute atomic E-state index is 0.174. The number of hydrogen-bond donors (Lipinski definition) is 2. The largest absolute Gasteiger partial charge is 0.495 e. The third-order valence-corrected chi connectivity index (χ3v) is 4.27. The molecule has 0 fully saturated rings. The summed E-state index contributed by atoms with van der Waals surface area (Å²) in [6, 6.07) is 14.4. The minimum Gasteiger partial charge on any atom is -0.495 e. The van der Waals surface area contributed by atoms with Gasteiger partial charge in [-0.05, 0) is 36.6 Å². The topological polar surface area (TPSA) is 93.7 Å². The van der Waals surface area contributed by atoms with Crippen molar-refractivity contribution < 1.29 is 22.7 Å². The predicted octanol–water partition coefficient (Wildman–Crippen LogP) is 2.92. The number of carbonyl (C=O) groups excluding carboxylic acids is 1. The molecule has 0 aromatic heterocycles. The highest BCUT2D eigenvalue weighted by atomic mass is 32.2. The summed E-state index contributed by atoms with van der Waals surface area (Å²) in [6.07, 6.45) is 1.12. The number of nitrogens with one attached hydrogen (secondary N) is 2. The van der Waals surface area contributed by atoms with Gasteiger partial charge in [0.2, 0.25) is 10.0 Å². The fourth-order valence-corrected chi connectivity index (χ4v) is 3.09. The maximum atomic E-state index is 11.9. The van der Waals surface area contributed by atoms with Crippen LogP contribution < -0.4 is 14.8 Å². The van der Waals surface area contributed by atoms with Gasteiger partial charge < -0.3 is 14.8 Å². The Morgan fingerprint density at radius 3 is 2.44 bits per heavy atom. The summed E-state index contributed by atoms with van der Waals surface area (Å²) in [4.78, 5) is 11.9. The lowest BCUT2D eigenvalue weighted by Gasteiger charge is -2.16. The number of benzene rings is 2. The lowest BCUT2D eigenvalue weighted by atomic mass is 10.1. The van der Waals surface area contributed by atoms with Crippen molar-refractivity contribution in [2.24, 2.45) is 0 Å². The normalized spacial score (nSPS) is 12.1. The molecule has 146 valence electrons. The van der Waals surface area contributed by atoms with Crippen molar-refractivity contribution in [1.82, 2.24) is 5.32 Å². The standard InChI is InChI=1S/C19H24N2O5S/c1-14(20-19(22)26-13-15-7-5-4-6-8-15)11-16-9-10-17(18(12-16)25-2)21-27(3,23)24/h4-10,12,14,21H,11,13H2,1-3H3,(H,20,22). The molecule has 2 aromatic rings. The zero-order chi connectivity index (χ0) is 19.9. The molecule has 0 aliphatic carbocycles. The number of amides is 1. The summed E-state index contributed by atoms with van der Waals surface area (Å²) in [7, 11) is -1.93. The first-order valence-electron chi connectivity index (χ1n) is 8.39. The lowest BCUT2D eigenvalue weighted by Crippen LogP contribution is -2.34. The number of methoxy groups -OCH3 is 1. The van der Waals surface area contributed by atoms with Crippen LogP contribution in [-0.4, -0.2) is 33.9 Å². The molecule has 0 aliphatic rings. The minimum atomic E-state index is -3.39. The van der Waals surface area contributed by atoms with E-state index in [0.717, 1.165) is 17.4 Å². The average molecular weight is 392 g/mol. The molecule has 0 saturated carbocycles. The molecule has 2 aromatic carbocycles. The number of rotatable bonds is 8. The van der Waals surface area contributed by atoms with Crippen molar-refractivity contribution in [3.05, 3.63) is 59.7 Å². The molecule has 0 spiro atoms. The van der Waals surface area contributed by atoms with E-state index < -0.39 is 16.1 Å². The van der Waals surface area contributed by atoms with E-state index in [1.807, 2.05) is 37.3 Å². The van der Waals surface area contributed by atoms with E-state index in [4.69, 9.17) is 9.47 Å². The SMILES string of the molecule is COc1cc(CC(C)NC(=O)OCc2ccccc2)ccc1NS(C)(=O)=O. The number of sulfonamides is 1. The Balaban J connectivity index is 1.90. The highest BCUT2D eigenvalue weighted by molar-refractivity contribution is 7.92. The summed E-state index contributed by atoms with van der Waals surface area (Å²) >= 11 is 0. The van der Waals surface area contributed by atoms with E-state index in [2.05, 4.69) is 10.0 Å². The molecule has 0 heterocycles. The van der Waals surface area contributed by atoms with Crippen LogP contribution in [-0.2, 0) is 27.8 Å². The van der Waals surface area contributed by atoms with E-state index >= 15 is 0 Å². The van der Waals surface area contributed by atoms with Gasteiger partial charge in [-0.2, -0.15) is 0 Å². The van der Waals surface area contributed by atoms with Crippen LogP contribution in [0.4, 0.5) is 10.5 Å². The number of hydrogen-bond acceptors (Lipinski definition) is 5. The van der Waals surface area contributed by atoms with Crippen LogP contribution in [0.5, 0.6) is 5.75 Å². The summed E-state index contributed by atoms with van der Waals surface area (Å²) in [5.74, 6) is 0.414. The van der Waals surface area contributed by atoms with Crippen molar-refractivity contribution >= 4 is 21.8 Å². The van der Waals surface area contributed by atoms with Gasteiger partial charge in [0.05, 0.1) is 19.1 Å². The molecule has 1 atom stereocenters. The van der Waals surface area contributed by atoms with Crippen LogP contribution in [0.15, 0.2) is 48.5 Å². The van der Waals surface area contributed by atoms with Gasteiger partial charge in [0.25, 0.3) is 0 Å². The van der Waals surface area contributed by atoms with Gasteiger partial charge in [-0.3, -0.25) is 4.72 Å². The molecular formula is C19H24N2O5S. The number of alkyl carbamates (subject to hydrolysis) is 1. The summed E-state index contributed by atoms with van der Waals surface area (Å²) in [5, 5.41) is 2.78. The molecule has 0 bridgehead atoms. The summed E-state index contributed by atoms with van der Waals surface area (Å²) in [6.45, 7) is 2.07. The molecule has 0 aliphatic heterocycles. The molecule has 7 nitrogen and oxygen atoms in total. The third-order valence-electron chi connectivity index (χ3n) is 3.68. The lowest BCUT2D eigenvalue weighted by molar-refractivity contribution is 0.136. The van der Waals surface area contributed by atoms with Crippen molar-refractivity contribution in [3.63, 3.8) is 0 Å². The number of anilines is 1. The Hall–Kier alpha value is -2.74. The molecule has 0 saturated heterocycles. The molecule has 2 rings (SSSR count). The maximum Gasteiger partial charge on any atom is 0.407 e. The number of carbonyl (C=O) groups is 1. The van der Waals surface area contributed by atoms with Crippen molar-refractivity contribution in [1.29, 1.82) is 0 Å². The highest BCUT2D eigenvalue weighted by Crippen LogP contribution is 2.26. The zero-order valence-electron chi connectivity index (χ0n) is 15.6. The van der Waals surface area contributed by atoms with Crippen LogP contribution in [0.1, 0.15) is 18.1 Å². The molecule has 1 unspecified atom stereocenters. The molecular weight excluding hydrogens is 368 g/mol. The van der Waals surface area contributed by atoms with E-state index in [9.17, 15) is 13.2 Å². The Morgan fingerprint density at radius 2 is 1.81 bits per heavy atom. The summed E-state index contributed by atoms with van der Waals surface area (Å²) in [5.41, 5.74) is 2.17. The molecule has 8 heteroatoms. The van der Waals surface area contributed by atoms with Gasteiger partial charge >= 0.3 is 6.09 Å². The van der Waals surface area contributed by atoms with Crippen LogP contribution in [0.3, 0.4) is 0 Å². The van der Waals surface area contributed by atoms with Crippen LogP contribution in [0, 0.1) is 0 Å². The Morgan fingerprint density at radius 1 is 1.11 bits per heavy atom. The van der Waals surface area contributed by atoms with Gasteiger partial charge in [0, 0.05) is 6.04 Å². The smallest absolute Gasteiger partial charge is 0.407 e. The van der Waals surface area contributed by atoms with Gasteiger partial charge in [-0.15, -0.1) is 0 Å². The molecule has 0 radical (unpaired) electrons. The first-order valence-corrected chi connectivity index (χ1v) is 10.3. The highest BCUT2D eigenvalue weighted by Gasteiger charge is 2.13. The van der Waals surface area contributed by atoms with E-state index in [-0.39, 0.29) is 12.6 Å². The monoisotopic (exact) mass is 392 g/mol. The van der Waals surface area contributed by atoms with Gasteiger partial charge in [0.15, 0.2) is 0 Å². The van der Waals surface area contributed by atoms with Crippen molar-refractivity contribution in [3.8, 4) is 5.75 Å². The summed E-state index contributed by atoms with van der Waals surface area (Å²) < 4.78 is 35.6. The van der Waals surface area contributed by atoms with Crippen LogP contribution in [0.2, 0.25) is 0 Å². The van der Waals surface area contributed by atoms with E-state index in [0.29, 0.717) is 17.9 Å². The van der Waals surface area contributed by atoms with Crippen LogP contribution >= 0.6 is 0 Å². The van der Waals surface area contributed by atoms with Gasteiger partial charge in [-0.25, -0.2) is 13.2 Å². The quantitative estimate of drug-likeness (QED) is 0.720. The first kappa shape index (κ1) is 20.6. The Kier molecular flexibility index (Phi) is 7.06. The fourth-order valence-electron chi connectivity index (χ4n) is 2.52. The van der Waals surface area contributed by atoms with E-state index in [1.54, 1.807) is 18.2 Å². The van der Waals surface area contributed by atoms with Crippen molar-refractivity contribution in [2.75, 3.05) is 18.1 Å². The van der Waals surface area contributed by atoms with Gasteiger partial charge in [0.1, 0.15) is 12.4 Å². The van der Waals surface area contributed by atoms with Crippen LogP contribution in [0.25, 0.3) is 0 Å². The predicted molar refractivity (Wildman–Crippen MR) is 104 cm³/mol. The van der Waals surface area contributed by atoms with Crippen molar-refractivity contribution in [2.45, 2.75) is 26.0 Å². The molecule has 27 heavy (non-hydrogen) atoms. The second kappa shape index (κ2) is 9.27. The Bertz CT molecular complexity index is 869. The molecule has 1 amide bonds. The van der Waals surface area contributed by atoms with E-state index in [1.165, 1.54) is 7.11 Å². The third kappa shape index (κ3) is 7.18. The first-order chi connectivity index (χ1) is 12.8. The fraction of sp³-hybridized carbons (Fsp3) is 0.316. The molecule has 2 N–H and O–H groups in total. The average Bonchev–Trinajstić information content (AvgIpc) is 2.61. The Labute approximate surface area is 159 Å². The van der Waals surface area contributed by atoms with Gasteiger partial charge in [-0.1, -0.05) is 36.4 Å². The zero-order valence-corrected chi connectivity index (χ0v) is 16.4. The maximum absolute atomic E-state index is 11.9. The number of ether oxygens (including phenoxy) is 2. The second-order valence-corrected chi connectivity index (χ2v) is 7.97.